The second-order valence-electron chi connectivity index (χ2n) is 4.72. The third-order valence-electron chi connectivity index (χ3n) is 3.24. The average molecular weight is 256 g/mol. The first-order valence-corrected chi connectivity index (χ1v) is 6.35. The summed E-state index contributed by atoms with van der Waals surface area (Å²) < 4.78 is 0. The van der Waals surface area contributed by atoms with E-state index in [0.29, 0.717) is 17.5 Å². The topological polar surface area (TPSA) is 52.5 Å². The van der Waals surface area contributed by atoms with Crippen LogP contribution in [-0.2, 0) is 0 Å². The molecule has 4 heteroatoms. The molecule has 0 radical (unpaired) electrons. The zero-order valence-corrected chi connectivity index (χ0v) is 10.4. The molecule has 17 heavy (non-hydrogen) atoms. The highest BCUT2D eigenvalue weighted by molar-refractivity contribution is 6.30. The van der Waals surface area contributed by atoms with Crippen LogP contribution in [0, 0.1) is 5.92 Å². The van der Waals surface area contributed by atoms with Crippen molar-refractivity contribution in [3.05, 3.63) is 34.9 Å². The van der Waals surface area contributed by atoms with E-state index < -0.39 is 6.10 Å². The zero-order valence-electron chi connectivity index (χ0n) is 9.64. The van der Waals surface area contributed by atoms with Gasteiger partial charge in [0.25, 0.3) is 0 Å². The lowest BCUT2D eigenvalue weighted by molar-refractivity contribution is 0.0415. The van der Waals surface area contributed by atoms with Crippen molar-refractivity contribution in [2.45, 2.75) is 25.0 Å². The standard InChI is InChI=1S/C13H18ClNO2/c14-11-3-1-10(2-4-11)13(17)8-15-7-9-5-12(16)6-9/h1-4,9,12-13,15-17H,5-8H2. The minimum atomic E-state index is -0.503. The van der Waals surface area contributed by atoms with Gasteiger partial charge in [0.05, 0.1) is 12.2 Å². The van der Waals surface area contributed by atoms with Crippen LogP contribution in [0.2, 0.25) is 5.02 Å². The predicted molar refractivity (Wildman–Crippen MR) is 68.0 cm³/mol. The van der Waals surface area contributed by atoms with Crippen molar-refractivity contribution in [1.29, 1.82) is 0 Å². The number of halogens is 1. The number of benzene rings is 1. The minimum absolute atomic E-state index is 0.108. The van der Waals surface area contributed by atoms with Gasteiger partial charge in [-0.25, -0.2) is 0 Å². The second-order valence-corrected chi connectivity index (χ2v) is 5.15. The SMILES string of the molecule is OC1CC(CNCC(O)c2ccc(Cl)cc2)C1. The minimum Gasteiger partial charge on any atom is -0.393 e. The molecule has 1 aliphatic carbocycles. The maximum absolute atomic E-state index is 9.91. The van der Waals surface area contributed by atoms with Crippen molar-refractivity contribution in [2.75, 3.05) is 13.1 Å². The summed E-state index contributed by atoms with van der Waals surface area (Å²) >= 11 is 5.78. The van der Waals surface area contributed by atoms with Crippen molar-refractivity contribution in [1.82, 2.24) is 5.32 Å². The van der Waals surface area contributed by atoms with Crippen LogP contribution >= 0.6 is 11.6 Å². The summed E-state index contributed by atoms with van der Waals surface area (Å²) in [6.45, 7) is 1.40. The molecule has 1 aliphatic rings. The van der Waals surface area contributed by atoms with Crippen molar-refractivity contribution in [3.8, 4) is 0 Å². The van der Waals surface area contributed by atoms with Gasteiger partial charge >= 0.3 is 0 Å². The molecule has 0 saturated heterocycles. The van der Waals surface area contributed by atoms with Gasteiger partial charge in [0.1, 0.15) is 0 Å². The maximum Gasteiger partial charge on any atom is 0.0914 e. The van der Waals surface area contributed by atoms with Gasteiger partial charge in [-0.05, 0) is 43.0 Å². The van der Waals surface area contributed by atoms with Crippen LogP contribution in [0.25, 0.3) is 0 Å². The molecule has 0 heterocycles. The normalized spacial score (nSPS) is 25.4. The number of aliphatic hydroxyl groups is 2. The van der Waals surface area contributed by atoms with Crippen molar-refractivity contribution in [3.63, 3.8) is 0 Å². The number of nitrogens with one attached hydrogen (secondary N) is 1. The van der Waals surface area contributed by atoms with Gasteiger partial charge < -0.3 is 15.5 Å². The smallest absolute Gasteiger partial charge is 0.0914 e. The number of hydrogen-bond acceptors (Lipinski definition) is 3. The fourth-order valence-electron chi connectivity index (χ4n) is 2.09. The fraction of sp³-hybridized carbons (Fsp3) is 0.538. The summed E-state index contributed by atoms with van der Waals surface area (Å²) in [5.41, 5.74) is 0.871. The molecule has 0 bridgehead atoms. The molecule has 0 spiro atoms. The Morgan fingerprint density at radius 2 is 1.94 bits per heavy atom. The Kier molecular flexibility index (Phi) is 4.40. The van der Waals surface area contributed by atoms with Crippen LogP contribution in [0.4, 0.5) is 0 Å². The van der Waals surface area contributed by atoms with Crippen LogP contribution in [-0.4, -0.2) is 29.4 Å². The highest BCUT2D eigenvalue weighted by atomic mass is 35.5. The molecule has 3 nitrogen and oxygen atoms in total. The molecule has 1 fully saturated rings. The van der Waals surface area contributed by atoms with Gasteiger partial charge in [-0.15, -0.1) is 0 Å². The first-order chi connectivity index (χ1) is 8.15. The van der Waals surface area contributed by atoms with Gasteiger partial charge in [0, 0.05) is 11.6 Å². The molecule has 3 N–H and O–H groups in total. The second kappa shape index (κ2) is 5.83. The molecular weight excluding hydrogens is 238 g/mol. The fourth-order valence-corrected chi connectivity index (χ4v) is 2.22. The first kappa shape index (κ1) is 12.8. The molecular formula is C13H18ClNO2. The summed E-state index contributed by atoms with van der Waals surface area (Å²) in [5, 5.41) is 23.0. The summed E-state index contributed by atoms with van der Waals surface area (Å²) in [5.74, 6) is 0.558. The lowest BCUT2D eigenvalue weighted by atomic mass is 9.82. The van der Waals surface area contributed by atoms with Gasteiger partial charge in [0.15, 0.2) is 0 Å². The Balaban J connectivity index is 1.70. The highest BCUT2D eigenvalue weighted by Crippen LogP contribution is 2.26. The Bertz CT molecular complexity index is 349. The molecule has 1 unspecified atom stereocenters. The molecule has 0 amide bonds. The molecule has 1 aromatic carbocycles. The molecule has 2 rings (SSSR count). The van der Waals surface area contributed by atoms with Crippen LogP contribution in [0.15, 0.2) is 24.3 Å². The number of aliphatic hydroxyl groups excluding tert-OH is 2. The Morgan fingerprint density at radius 1 is 1.29 bits per heavy atom. The van der Waals surface area contributed by atoms with Crippen LogP contribution in [0.3, 0.4) is 0 Å². The summed E-state index contributed by atoms with van der Waals surface area (Å²) in [6, 6.07) is 7.23. The van der Waals surface area contributed by atoms with Gasteiger partial charge in [0.2, 0.25) is 0 Å². The van der Waals surface area contributed by atoms with E-state index in [1.54, 1.807) is 12.1 Å². The predicted octanol–water partition coefficient (Wildman–Crippen LogP) is 1.73. The maximum atomic E-state index is 9.91. The summed E-state index contributed by atoms with van der Waals surface area (Å²) in [6.07, 6.45) is 1.15. The van der Waals surface area contributed by atoms with Crippen LogP contribution in [0.5, 0.6) is 0 Å². The lowest BCUT2D eigenvalue weighted by Crippen LogP contribution is -2.37. The highest BCUT2D eigenvalue weighted by Gasteiger charge is 2.26. The van der Waals surface area contributed by atoms with Gasteiger partial charge in [-0.2, -0.15) is 0 Å². The molecule has 0 aliphatic heterocycles. The van der Waals surface area contributed by atoms with Crippen LogP contribution < -0.4 is 5.32 Å². The van der Waals surface area contributed by atoms with Crippen LogP contribution in [0.1, 0.15) is 24.5 Å². The van der Waals surface area contributed by atoms with Gasteiger partial charge in [-0.3, -0.25) is 0 Å². The van der Waals surface area contributed by atoms with E-state index in [-0.39, 0.29) is 6.10 Å². The Hall–Kier alpha value is -0.610. The zero-order chi connectivity index (χ0) is 12.3. The van der Waals surface area contributed by atoms with Gasteiger partial charge in [-0.1, -0.05) is 23.7 Å². The molecule has 1 aromatic rings. The van der Waals surface area contributed by atoms with E-state index in [1.165, 1.54) is 0 Å². The monoisotopic (exact) mass is 255 g/mol. The van der Waals surface area contributed by atoms with E-state index in [0.717, 1.165) is 24.9 Å². The quantitative estimate of drug-likeness (QED) is 0.751. The van der Waals surface area contributed by atoms with Crippen molar-refractivity contribution < 1.29 is 10.2 Å². The Morgan fingerprint density at radius 3 is 2.53 bits per heavy atom. The lowest BCUT2D eigenvalue weighted by Gasteiger charge is -2.31. The summed E-state index contributed by atoms with van der Waals surface area (Å²) in [7, 11) is 0. The molecule has 1 atom stereocenters. The van der Waals surface area contributed by atoms with Crippen molar-refractivity contribution in [2.24, 2.45) is 5.92 Å². The third kappa shape index (κ3) is 3.68. The Labute approximate surface area is 106 Å². The number of rotatable bonds is 5. The van der Waals surface area contributed by atoms with E-state index in [9.17, 15) is 5.11 Å². The van der Waals surface area contributed by atoms with E-state index in [1.807, 2.05) is 12.1 Å². The first-order valence-electron chi connectivity index (χ1n) is 5.97. The average Bonchev–Trinajstić information content (AvgIpc) is 2.27. The molecule has 0 aromatic heterocycles. The van der Waals surface area contributed by atoms with E-state index >= 15 is 0 Å². The largest absolute Gasteiger partial charge is 0.393 e. The van der Waals surface area contributed by atoms with E-state index in [4.69, 9.17) is 16.7 Å². The third-order valence-corrected chi connectivity index (χ3v) is 3.49. The van der Waals surface area contributed by atoms with Crippen molar-refractivity contribution >= 4 is 11.6 Å². The number of hydrogen-bond donors (Lipinski definition) is 3. The van der Waals surface area contributed by atoms with E-state index in [2.05, 4.69) is 5.32 Å². The molecule has 1 saturated carbocycles. The molecule has 94 valence electrons. The summed E-state index contributed by atoms with van der Waals surface area (Å²) in [4.78, 5) is 0.